The number of carbonyl (C=O) groups excluding carboxylic acids is 2. The summed E-state index contributed by atoms with van der Waals surface area (Å²) in [6.45, 7) is 7.84. The molecule has 15 nitrogen and oxygen atoms in total. The number of aliphatic hydroxyl groups is 1. The number of urea groups is 1. The predicted octanol–water partition coefficient (Wildman–Crippen LogP) is 6.46. The SMILES string of the molecule is C#Cc1cc(Cc2nccc(Oc3ccc(NC(=O)Nc4cc(C(C)(C)C)cc(NS(C)(=O)=O)c4OC)c4ccccc34)n2)cc(C(=O)NCCOCCOCCCO)c1. The number of ether oxygens (including phenoxy) is 4. The van der Waals surface area contributed by atoms with Crippen LogP contribution in [0.4, 0.5) is 21.9 Å². The number of nitrogens with one attached hydrogen (secondary N) is 4. The fraction of sp³-hybridized carbons (Fsp3) is 0.318. The van der Waals surface area contributed by atoms with E-state index in [4.69, 9.17) is 30.5 Å². The summed E-state index contributed by atoms with van der Waals surface area (Å²) in [6, 6.07) is 20.5. The second kappa shape index (κ2) is 20.6. The van der Waals surface area contributed by atoms with Crippen LogP contribution >= 0.6 is 0 Å². The number of rotatable bonds is 19. The average Bonchev–Trinajstić information content (AvgIpc) is 3.20. The van der Waals surface area contributed by atoms with E-state index >= 15 is 0 Å². The predicted molar refractivity (Wildman–Crippen MR) is 232 cm³/mol. The first-order valence-electron chi connectivity index (χ1n) is 19.1. The van der Waals surface area contributed by atoms with Crippen LogP contribution in [-0.4, -0.2) is 88.4 Å². The van der Waals surface area contributed by atoms with Gasteiger partial charge in [0.05, 0.1) is 50.2 Å². The summed E-state index contributed by atoms with van der Waals surface area (Å²) in [5, 5.41) is 18.7. The van der Waals surface area contributed by atoms with Crippen LogP contribution in [0.3, 0.4) is 0 Å². The minimum Gasteiger partial charge on any atom is -0.492 e. The number of amides is 3. The van der Waals surface area contributed by atoms with Crippen LogP contribution in [0.5, 0.6) is 17.4 Å². The number of methoxy groups -OCH3 is 1. The number of hydrogen-bond acceptors (Lipinski definition) is 11. The number of carbonyl (C=O) groups is 2. The number of anilines is 3. The summed E-state index contributed by atoms with van der Waals surface area (Å²) in [4.78, 5) is 35.6. The van der Waals surface area contributed by atoms with Crippen LogP contribution in [-0.2, 0) is 31.3 Å². The third-order valence-corrected chi connectivity index (χ3v) is 9.45. The zero-order chi connectivity index (χ0) is 43.3. The molecule has 4 aromatic carbocycles. The smallest absolute Gasteiger partial charge is 0.323 e. The van der Waals surface area contributed by atoms with Crippen LogP contribution in [0, 0.1) is 12.3 Å². The quantitative estimate of drug-likeness (QED) is 0.0452. The third kappa shape index (κ3) is 12.9. The molecule has 1 heterocycles. The van der Waals surface area contributed by atoms with Gasteiger partial charge in [0, 0.05) is 60.3 Å². The maximum absolute atomic E-state index is 13.5. The van der Waals surface area contributed by atoms with Gasteiger partial charge in [-0.25, -0.2) is 18.2 Å². The Kier molecular flexibility index (Phi) is 15.4. The molecule has 0 atom stereocenters. The Bertz CT molecular complexity index is 2460. The molecule has 1 aromatic heterocycles. The lowest BCUT2D eigenvalue weighted by molar-refractivity contribution is 0.0432. The molecule has 60 heavy (non-hydrogen) atoms. The molecule has 0 unspecified atom stereocenters. The normalized spacial score (nSPS) is 11.4. The van der Waals surface area contributed by atoms with Gasteiger partial charge < -0.3 is 40.0 Å². The molecular weight excluding hydrogens is 789 g/mol. The Labute approximate surface area is 350 Å². The largest absolute Gasteiger partial charge is 0.492 e. The zero-order valence-corrected chi connectivity index (χ0v) is 35.1. The molecule has 5 N–H and O–H groups in total. The van der Waals surface area contributed by atoms with Gasteiger partial charge in [0.25, 0.3) is 5.91 Å². The first-order chi connectivity index (χ1) is 28.7. The van der Waals surface area contributed by atoms with Gasteiger partial charge in [-0.05, 0) is 65.4 Å². The molecule has 0 spiro atoms. The summed E-state index contributed by atoms with van der Waals surface area (Å²) in [6.07, 6.45) is 9.19. The van der Waals surface area contributed by atoms with Crippen molar-refractivity contribution in [2.45, 2.75) is 39.0 Å². The van der Waals surface area contributed by atoms with Crippen molar-refractivity contribution >= 4 is 49.8 Å². The van der Waals surface area contributed by atoms with Crippen LogP contribution < -0.4 is 30.1 Å². The zero-order valence-electron chi connectivity index (χ0n) is 34.3. The number of fused-ring (bicyclic) bond motifs is 1. The van der Waals surface area contributed by atoms with Gasteiger partial charge in [-0.15, -0.1) is 6.42 Å². The molecule has 0 aliphatic heterocycles. The van der Waals surface area contributed by atoms with Crippen molar-refractivity contribution in [2.24, 2.45) is 0 Å². The van der Waals surface area contributed by atoms with Crippen molar-refractivity contribution in [1.29, 1.82) is 0 Å². The minimum atomic E-state index is -3.66. The highest BCUT2D eigenvalue weighted by Crippen LogP contribution is 2.40. The molecule has 3 amide bonds. The summed E-state index contributed by atoms with van der Waals surface area (Å²) in [5.41, 5.74) is 3.00. The van der Waals surface area contributed by atoms with E-state index < -0.39 is 16.1 Å². The Morgan fingerprint density at radius 1 is 0.883 bits per heavy atom. The molecule has 0 fully saturated rings. The maximum atomic E-state index is 13.5. The highest BCUT2D eigenvalue weighted by Gasteiger charge is 2.23. The van der Waals surface area contributed by atoms with Crippen molar-refractivity contribution in [3.63, 3.8) is 0 Å². The van der Waals surface area contributed by atoms with Crippen molar-refractivity contribution in [3.05, 3.63) is 107 Å². The third-order valence-electron chi connectivity index (χ3n) is 8.86. The minimum absolute atomic E-state index is 0.0774. The molecule has 0 aliphatic rings. The van der Waals surface area contributed by atoms with Crippen molar-refractivity contribution in [3.8, 4) is 29.7 Å². The standard InChI is InChI=1S/C44H50N6O9S/c1-7-29-23-30(25-31(24-29)42(52)46-17-20-58-22-21-57-19-10-18-51)26-39-45-16-15-40(49-39)59-38-14-13-35(33-11-8-9-12-34(33)38)47-43(53)48-36-27-32(44(2,3)4)28-37(41(36)56-5)50-60(6,54)55/h1,8-9,11-16,23-25,27-28,50-51H,10,17-22,26H2,2-6H3,(H,46,52)(H2,47,48,53). The monoisotopic (exact) mass is 838 g/mol. The molecule has 0 aliphatic carbocycles. The molecule has 5 aromatic rings. The Balaban J connectivity index is 1.28. The molecule has 16 heteroatoms. The number of aliphatic hydroxyl groups excluding tert-OH is 1. The Morgan fingerprint density at radius 3 is 2.30 bits per heavy atom. The number of benzene rings is 4. The van der Waals surface area contributed by atoms with Crippen LogP contribution in [0.2, 0.25) is 0 Å². The Hall–Kier alpha value is -6.25. The van der Waals surface area contributed by atoms with Crippen LogP contribution in [0.1, 0.15) is 60.1 Å². The lowest BCUT2D eigenvalue weighted by Crippen LogP contribution is -2.27. The fourth-order valence-electron chi connectivity index (χ4n) is 6.05. The van der Waals surface area contributed by atoms with E-state index in [1.54, 1.807) is 54.7 Å². The summed E-state index contributed by atoms with van der Waals surface area (Å²) < 4.78 is 49.5. The van der Waals surface area contributed by atoms with E-state index in [1.165, 1.54) is 7.11 Å². The molecule has 0 saturated heterocycles. The van der Waals surface area contributed by atoms with Gasteiger partial charge >= 0.3 is 6.03 Å². The number of terminal acetylenes is 1. The fourth-order valence-corrected chi connectivity index (χ4v) is 6.60. The lowest BCUT2D eigenvalue weighted by atomic mass is 9.86. The van der Waals surface area contributed by atoms with E-state index in [0.717, 1.165) is 17.4 Å². The van der Waals surface area contributed by atoms with Crippen molar-refractivity contribution in [2.75, 3.05) is 68.3 Å². The molecule has 316 valence electrons. The summed E-state index contributed by atoms with van der Waals surface area (Å²) in [7, 11) is -2.26. The van der Waals surface area contributed by atoms with Gasteiger partial charge in [-0.1, -0.05) is 51.0 Å². The van der Waals surface area contributed by atoms with E-state index in [-0.39, 0.29) is 47.4 Å². The number of hydrogen-bond donors (Lipinski definition) is 5. The maximum Gasteiger partial charge on any atom is 0.323 e. The van der Waals surface area contributed by atoms with Crippen molar-refractivity contribution in [1.82, 2.24) is 15.3 Å². The topological polar surface area (TPSA) is 199 Å². The van der Waals surface area contributed by atoms with Crippen molar-refractivity contribution < 1.29 is 42.1 Å². The second-order valence-electron chi connectivity index (χ2n) is 14.7. The van der Waals surface area contributed by atoms with E-state index in [9.17, 15) is 18.0 Å². The molecule has 0 radical (unpaired) electrons. The molecule has 0 saturated carbocycles. The highest BCUT2D eigenvalue weighted by molar-refractivity contribution is 7.92. The average molecular weight is 839 g/mol. The van der Waals surface area contributed by atoms with Gasteiger partial charge in [0.15, 0.2) is 5.75 Å². The summed E-state index contributed by atoms with van der Waals surface area (Å²) >= 11 is 0. The van der Waals surface area contributed by atoms with E-state index in [0.29, 0.717) is 78.6 Å². The summed E-state index contributed by atoms with van der Waals surface area (Å²) in [5.74, 6) is 3.64. The lowest BCUT2D eigenvalue weighted by Gasteiger charge is -2.24. The number of aromatic nitrogens is 2. The van der Waals surface area contributed by atoms with E-state index in [1.807, 2.05) is 45.0 Å². The number of sulfonamides is 1. The highest BCUT2D eigenvalue weighted by atomic mass is 32.2. The molecule has 5 rings (SSSR count). The number of nitrogens with zero attached hydrogens (tertiary/aromatic N) is 2. The van der Waals surface area contributed by atoms with Gasteiger partial charge in [-0.3, -0.25) is 9.52 Å². The molecule has 0 bridgehead atoms. The van der Waals surface area contributed by atoms with Crippen LogP contribution in [0.15, 0.2) is 79.0 Å². The molecular formula is C44H50N6O9S. The second-order valence-corrected chi connectivity index (χ2v) is 16.4. The van der Waals surface area contributed by atoms with Gasteiger partial charge in [0.1, 0.15) is 11.6 Å². The first kappa shape index (κ1) is 44.8. The van der Waals surface area contributed by atoms with Gasteiger partial charge in [0.2, 0.25) is 15.9 Å². The van der Waals surface area contributed by atoms with Gasteiger partial charge in [-0.2, -0.15) is 4.98 Å². The first-order valence-corrected chi connectivity index (χ1v) is 21.0. The van der Waals surface area contributed by atoms with Crippen LogP contribution in [0.25, 0.3) is 10.8 Å². The Morgan fingerprint density at radius 2 is 1.60 bits per heavy atom. The van der Waals surface area contributed by atoms with E-state index in [2.05, 4.69) is 36.6 Å².